The lowest BCUT2D eigenvalue weighted by Gasteiger charge is -2.18. The summed E-state index contributed by atoms with van der Waals surface area (Å²) < 4.78 is 1.77. The molecule has 1 aromatic carbocycles. The number of imidazole rings is 1. The van der Waals surface area contributed by atoms with Crippen LogP contribution in [0.4, 0.5) is 11.4 Å². The number of aromatic nitrogens is 3. The van der Waals surface area contributed by atoms with Gasteiger partial charge in [0.25, 0.3) is 5.91 Å². The standard InChI is InChI=1S/C18H19N5O2/c1-22(10-11-24)16-5-3-15(4-6-16)21-18(25)14-2-7-17(20-12-14)23-9-8-19-13-23/h2-9,12-13,24H,10-11H2,1H3,(H,21,25). The number of pyridine rings is 1. The number of carbonyl (C=O) groups is 1. The van der Waals surface area contributed by atoms with E-state index in [9.17, 15) is 4.79 Å². The number of nitrogens with zero attached hydrogens (tertiary/aromatic N) is 4. The van der Waals surface area contributed by atoms with E-state index in [-0.39, 0.29) is 12.5 Å². The molecule has 7 nitrogen and oxygen atoms in total. The quantitative estimate of drug-likeness (QED) is 0.718. The normalized spacial score (nSPS) is 10.5. The molecule has 3 aromatic rings. The van der Waals surface area contributed by atoms with Gasteiger partial charge >= 0.3 is 0 Å². The van der Waals surface area contributed by atoms with E-state index in [1.807, 2.05) is 36.2 Å². The molecule has 2 heterocycles. The number of hydrogen-bond acceptors (Lipinski definition) is 5. The van der Waals surface area contributed by atoms with Crippen molar-refractivity contribution >= 4 is 17.3 Å². The zero-order valence-corrected chi connectivity index (χ0v) is 13.8. The second-order valence-electron chi connectivity index (χ2n) is 5.52. The van der Waals surface area contributed by atoms with Crippen molar-refractivity contribution in [1.29, 1.82) is 0 Å². The molecular weight excluding hydrogens is 318 g/mol. The molecular formula is C18H19N5O2. The summed E-state index contributed by atoms with van der Waals surface area (Å²) in [6.45, 7) is 0.650. The van der Waals surface area contributed by atoms with Crippen LogP contribution in [0.25, 0.3) is 5.82 Å². The molecule has 0 aliphatic rings. The average Bonchev–Trinajstić information content (AvgIpc) is 3.17. The Morgan fingerprint density at radius 3 is 2.64 bits per heavy atom. The van der Waals surface area contributed by atoms with E-state index < -0.39 is 0 Å². The number of amides is 1. The van der Waals surface area contributed by atoms with Crippen LogP contribution in [-0.4, -0.2) is 45.7 Å². The van der Waals surface area contributed by atoms with Crippen LogP contribution in [0.5, 0.6) is 0 Å². The summed E-state index contributed by atoms with van der Waals surface area (Å²) in [7, 11) is 1.90. The van der Waals surface area contributed by atoms with Gasteiger partial charge in [-0.1, -0.05) is 0 Å². The predicted molar refractivity (Wildman–Crippen MR) is 96.1 cm³/mol. The highest BCUT2D eigenvalue weighted by atomic mass is 16.3. The molecule has 0 saturated carbocycles. The smallest absolute Gasteiger partial charge is 0.257 e. The van der Waals surface area contributed by atoms with Crippen molar-refractivity contribution in [3.05, 3.63) is 66.9 Å². The van der Waals surface area contributed by atoms with E-state index in [1.54, 1.807) is 35.4 Å². The van der Waals surface area contributed by atoms with Crippen LogP contribution in [0.15, 0.2) is 61.3 Å². The highest BCUT2D eigenvalue weighted by Crippen LogP contribution is 2.17. The highest BCUT2D eigenvalue weighted by Gasteiger charge is 2.08. The monoisotopic (exact) mass is 337 g/mol. The van der Waals surface area contributed by atoms with Gasteiger partial charge in [0.05, 0.1) is 12.2 Å². The Kier molecular flexibility index (Phi) is 5.06. The molecule has 7 heteroatoms. The number of benzene rings is 1. The van der Waals surface area contributed by atoms with Crippen molar-refractivity contribution in [3.8, 4) is 5.82 Å². The number of hydrogen-bond donors (Lipinski definition) is 2. The van der Waals surface area contributed by atoms with E-state index >= 15 is 0 Å². The fourth-order valence-electron chi connectivity index (χ4n) is 2.35. The Hall–Kier alpha value is -3.19. The molecule has 0 spiro atoms. The van der Waals surface area contributed by atoms with Crippen LogP contribution >= 0.6 is 0 Å². The molecule has 0 radical (unpaired) electrons. The van der Waals surface area contributed by atoms with Gasteiger partial charge in [0.15, 0.2) is 0 Å². The number of nitrogens with one attached hydrogen (secondary N) is 1. The Bertz CT molecular complexity index is 814. The first kappa shape index (κ1) is 16.7. The highest BCUT2D eigenvalue weighted by molar-refractivity contribution is 6.04. The van der Waals surface area contributed by atoms with Crippen LogP contribution in [0, 0.1) is 0 Å². The SMILES string of the molecule is CN(CCO)c1ccc(NC(=O)c2ccc(-n3ccnc3)nc2)cc1. The lowest BCUT2D eigenvalue weighted by Crippen LogP contribution is -2.21. The molecule has 2 aromatic heterocycles. The first-order valence-electron chi connectivity index (χ1n) is 7.85. The molecule has 0 atom stereocenters. The van der Waals surface area contributed by atoms with E-state index in [0.29, 0.717) is 23.6 Å². The van der Waals surface area contributed by atoms with Crippen molar-refractivity contribution in [2.24, 2.45) is 0 Å². The molecule has 0 unspecified atom stereocenters. The van der Waals surface area contributed by atoms with Crippen molar-refractivity contribution in [1.82, 2.24) is 14.5 Å². The first-order chi connectivity index (χ1) is 12.2. The topological polar surface area (TPSA) is 83.3 Å². The van der Waals surface area contributed by atoms with Gasteiger partial charge in [-0.2, -0.15) is 0 Å². The van der Waals surface area contributed by atoms with Gasteiger partial charge in [-0.25, -0.2) is 9.97 Å². The summed E-state index contributed by atoms with van der Waals surface area (Å²) in [5.74, 6) is 0.478. The fourth-order valence-corrected chi connectivity index (χ4v) is 2.35. The summed E-state index contributed by atoms with van der Waals surface area (Å²) >= 11 is 0. The minimum absolute atomic E-state index is 0.0943. The summed E-state index contributed by atoms with van der Waals surface area (Å²) in [6.07, 6.45) is 6.65. The predicted octanol–water partition coefficient (Wildman–Crippen LogP) is 1.95. The fraction of sp³-hybridized carbons (Fsp3) is 0.167. The number of rotatable bonds is 6. The maximum Gasteiger partial charge on any atom is 0.257 e. The van der Waals surface area contributed by atoms with Gasteiger partial charge in [-0.3, -0.25) is 9.36 Å². The van der Waals surface area contributed by atoms with Crippen LogP contribution in [0.1, 0.15) is 10.4 Å². The first-order valence-corrected chi connectivity index (χ1v) is 7.85. The molecule has 25 heavy (non-hydrogen) atoms. The van der Waals surface area contributed by atoms with E-state index in [4.69, 9.17) is 5.11 Å². The molecule has 0 saturated heterocycles. The zero-order valence-electron chi connectivity index (χ0n) is 13.8. The number of likely N-dealkylation sites (N-methyl/N-ethyl adjacent to an activating group) is 1. The largest absolute Gasteiger partial charge is 0.395 e. The van der Waals surface area contributed by atoms with Crippen molar-refractivity contribution in [2.45, 2.75) is 0 Å². The van der Waals surface area contributed by atoms with Crippen LogP contribution < -0.4 is 10.2 Å². The van der Waals surface area contributed by atoms with Gasteiger partial charge in [-0.15, -0.1) is 0 Å². The Morgan fingerprint density at radius 1 is 1.24 bits per heavy atom. The minimum atomic E-state index is -0.221. The zero-order chi connectivity index (χ0) is 17.6. The molecule has 0 bridgehead atoms. The molecule has 2 N–H and O–H groups in total. The van der Waals surface area contributed by atoms with Crippen molar-refractivity contribution in [3.63, 3.8) is 0 Å². The van der Waals surface area contributed by atoms with E-state index in [0.717, 1.165) is 5.69 Å². The molecule has 128 valence electrons. The van der Waals surface area contributed by atoms with Gasteiger partial charge in [-0.05, 0) is 36.4 Å². The molecule has 0 aliphatic heterocycles. The van der Waals surface area contributed by atoms with E-state index in [1.165, 1.54) is 6.20 Å². The van der Waals surface area contributed by atoms with Gasteiger partial charge in [0, 0.05) is 43.6 Å². The summed E-state index contributed by atoms with van der Waals surface area (Å²) in [6, 6.07) is 10.9. The average molecular weight is 337 g/mol. The maximum atomic E-state index is 12.3. The van der Waals surface area contributed by atoms with Crippen LogP contribution in [0.3, 0.4) is 0 Å². The summed E-state index contributed by atoms with van der Waals surface area (Å²) in [5, 5.41) is 11.8. The molecule has 0 aliphatic carbocycles. The Morgan fingerprint density at radius 2 is 2.04 bits per heavy atom. The number of anilines is 2. The lowest BCUT2D eigenvalue weighted by molar-refractivity contribution is 0.102. The maximum absolute atomic E-state index is 12.3. The number of aliphatic hydroxyl groups excluding tert-OH is 1. The summed E-state index contributed by atoms with van der Waals surface area (Å²) in [5.41, 5.74) is 2.15. The van der Waals surface area contributed by atoms with Gasteiger partial charge in [0.1, 0.15) is 12.1 Å². The molecule has 3 rings (SSSR count). The minimum Gasteiger partial charge on any atom is -0.395 e. The van der Waals surface area contributed by atoms with E-state index in [2.05, 4.69) is 15.3 Å². The van der Waals surface area contributed by atoms with Gasteiger partial charge < -0.3 is 15.3 Å². The number of carbonyl (C=O) groups excluding carboxylic acids is 1. The number of aliphatic hydroxyl groups is 1. The van der Waals surface area contributed by atoms with Crippen molar-refractivity contribution < 1.29 is 9.90 Å². The second-order valence-corrected chi connectivity index (χ2v) is 5.52. The Balaban J connectivity index is 1.65. The Labute approximate surface area is 145 Å². The van der Waals surface area contributed by atoms with Crippen LogP contribution in [-0.2, 0) is 0 Å². The van der Waals surface area contributed by atoms with Crippen LogP contribution in [0.2, 0.25) is 0 Å². The van der Waals surface area contributed by atoms with Crippen molar-refractivity contribution in [2.75, 3.05) is 30.4 Å². The third-order valence-electron chi connectivity index (χ3n) is 3.78. The van der Waals surface area contributed by atoms with Gasteiger partial charge in [0.2, 0.25) is 0 Å². The summed E-state index contributed by atoms with van der Waals surface area (Å²) in [4.78, 5) is 22.5. The molecule has 0 fully saturated rings. The lowest BCUT2D eigenvalue weighted by atomic mass is 10.2. The molecule has 1 amide bonds. The third-order valence-corrected chi connectivity index (χ3v) is 3.78. The second kappa shape index (κ2) is 7.59. The third kappa shape index (κ3) is 4.02.